The first-order chi connectivity index (χ1) is 11.1. The third kappa shape index (κ3) is 4.27. The summed E-state index contributed by atoms with van der Waals surface area (Å²) in [5.74, 6) is -0.333. The summed E-state index contributed by atoms with van der Waals surface area (Å²) >= 11 is 2.99. The molecule has 0 aliphatic heterocycles. The summed E-state index contributed by atoms with van der Waals surface area (Å²) in [7, 11) is 1.31. The Kier molecular flexibility index (Phi) is 6.06. The van der Waals surface area contributed by atoms with Crippen LogP contribution >= 0.6 is 23.1 Å². The van der Waals surface area contributed by atoms with Crippen molar-refractivity contribution in [1.29, 1.82) is 0 Å². The van der Waals surface area contributed by atoms with E-state index in [1.54, 1.807) is 18.2 Å². The molecule has 7 heteroatoms. The van der Waals surface area contributed by atoms with Crippen LogP contribution in [-0.4, -0.2) is 37.0 Å². The summed E-state index contributed by atoms with van der Waals surface area (Å²) in [6.45, 7) is 0. The van der Waals surface area contributed by atoms with E-state index < -0.39 is 12.0 Å². The van der Waals surface area contributed by atoms with E-state index in [4.69, 9.17) is 10.5 Å². The van der Waals surface area contributed by atoms with E-state index in [0.29, 0.717) is 17.0 Å². The lowest BCUT2D eigenvalue weighted by molar-refractivity contribution is -0.142. The number of methoxy groups -OCH3 is 1. The van der Waals surface area contributed by atoms with Gasteiger partial charge >= 0.3 is 5.97 Å². The highest BCUT2D eigenvalue weighted by atomic mass is 32.2. The van der Waals surface area contributed by atoms with E-state index in [1.807, 2.05) is 23.8 Å². The minimum Gasteiger partial charge on any atom is -0.467 e. The number of benzene rings is 1. The Hall–Kier alpha value is -1.99. The minimum atomic E-state index is -0.684. The summed E-state index contributed by atoms with van der Waals surface area (Å²) < 4.78 is 4.74. The van der Waals surface area contributed by atoms with Gasteiger partial charge in [0.2, 0.25) is 0 Å². The average Bonchev–Trinajstić information content (AvgIpc) is 3.07. The molecule has 3 N–H and O–H groups in total. The van der Waals surface area contributed by atoms with Gasteiger partial charge in [-0.1, -0.05) is 6.07 Å². The van der Waals surface area contributed by atoms with E-state index in [-0.39, 0.29) is 5.91 Å². The number of esters is 1. The van der Waals surface area contributed by atoms with Gasteiger partial charge in [0.05, 0.1) is 7.11 Å². The van der Waals surface area contributed by atoms with Crippen molar-refractivity contribution in [3.8, 4) is 10.4 Å². The van der Waals surface area contributed by atoms with Crippen LogP contribution in [0, 0.1) is 0 Å². The van der Waals surface area contributed by atoms with Gasteiger partial charge in [0.1, 0.15) is 6.04 Å². The van der Waals surface area contributed by atoms with Crippen molar-refractivity contribution in [2.24, 2.45) is 0 Å². The lowest BCUT2D eigenvalue weighted by Gasteiger charge is -2.17. The normalized spacial score (nSPS) is 11.7. The van der Waals surface area contributed by atoms with Crippen LogP contribution in [0.25, 0.3) is 10.4 Å². The molecule has 0 aliphatic carbocycles. The van der Waals surface area contributed by atoms with E-state index in [9.17, 15) is 9.59 Å². The SMILES string of the molecule is COC(=O)C(CSC)NC(=O)c1ccc(N)cc1-c1cccs1. The van der Waals surface area contributed by atoms with Gasteiger partial charge in [-0.3, -0.25) is 4.79 Å². The van der Waals surface area contributed by atoms with Gasteiger partial charge in [0.15, 0.2) is 0 Å². The summed E-state index contributed by atoms with van der Waals surface area (Å²) in [5.41, 5.74) is 7.67. The number of nitrogens with one attached hydrogen (secondary N) is 1. The lowest BCUT2D eigenvalue weighted by Crippen LogP contribution is -2.43. The van der Waals surface area contributed by atoms with E-state index in [1.165, 1.54) is 30.2 Å². The predicted molar refractivity (Wildman–Crippen MR) is 95.8 cm³/mol. The van der Waals surface area contributed by atoms with E-state index in [0.717, 1.165) is 10.4 Å². The van der Waals surface area contributed by atoms with Crippen molar-refractivity contribution in [1.82, 2.24) is 5.32 Å². The maximum Gasteiger partial charge on any atom is 0.329 e. The largest absolute Gasteiger partial charge is 0.467 e. The maximum atomic E-state index is 12.6. The molecule has 23 heavy (non-hydrogen) atoms. The fraction of sp³-hybridized carbons (Fsp3) is 0.250. The third-order valence-electron chi connectivity index (χ3n) is 3.20. The Balaban J connectivity index is 2.30. The van der Waals surface area contributed by atoms with Crippen LogP contribution in [0.3, 0.4) is 0 Å². The quantitative estimate of drug-likeness (QED) is 0.618. The van der Waals surface area contributed by atoms with Crippen molar-refractivity contribution in [3.63, 3.8) is 0 Å². The molecule has 0 radical (unpaired) electrons. The zero-order valence-electron chi connectivity index (χ0n) is 12.9. The first-order valence-electron chi connectivity index (χ1n) is 6.88. The molecule has 0 saturated heterocycles. The highest BCUT2D eigenvalue weighted by molar-refractivity contribution is 7.98. The number of anilines is 1. The molecule has 1 heterocycles. The molecule has 0 saturated carbocycles. The Morgan fingerprint density at radius 1 is 1.39 bits per heavy atom. The van der Waals surface area contributed by atoms with Gasteiger partial charge in [-0.25, -0.2) is 4.79 Å². The molecule has 1 aromatic carbocycles. The first kappa shape index (κ1) is 17.4. The van der Waals surface area contributed by atoms with Gasteiger partial charge < -0.3 is 15.8 Å². The summed E-state index contributed by atoms with van der Waals surface area (Å²) in [4.78, 5) is 25.3. The van der Waals surface area contributed by atoms with Gasteiger partial charge in [-0.2, -0.15) is 11.8 Å². The second kappa shape index (κ2) is 8.03. The van der Waals surface area contributed by atoms with Crippen LogP contribution in [0.5, 0.6) is 0 Å². The van der Waals surface area contributed by atoms with Crippen molar-refractivity contribution < 1.29 is 14.3 Å². The van der Waals surface area contributed by atoms with Crippen LogP contribution in [0.15, 0.2) is 35.7 Å². The Bertz CT molecular complexity index is 687. The molecule has 1 amide bonds. The van der Waals surface area contributed by atoms with Crippen LogP contribution in [0.2, 0.25) is 0 Å². The summed E-state index contributed by atoms with van der Waals surface area (Å²) in [6.07, 6.45) is 1.86. The zero-order chi connectivity index (χ0) is 16.8. The number of rotatable bonds is 6. The topological polar surface area (TPSA) is 81.4 Å². The monoisotopic (exact) mass is 350 g/mol. The van der Waals surface area contributed by atoms with Gasteiger partial charge in [-0.05, 0) is 35.9 Å². The van der Waals surface area contributed by atoms with E-state index in [2.05, 4.69) is 5.32 Å². The van der Waals surface area contributed by atoms with Crippen molar-refractivity contribution in [2.45, 2.75) is 6.04 Å². The standard InChI is InChI=1S/C16H18N2O3S2/c1-21-16(20)13(9-22-2)18-15(19)11-6-5-10(17)8-12(11)14-4-3-7-23-14/h3-8,13H,9,17H2,1-2H3,(H,18,19). The number of ether oxygens (including phenoxy) is 1. The summed E-state index contributed by atoms with van der Waals surface area (Å²) in [6, 6.07) is 8.27. The molecule has 1 atom stereocenters. The molecule has 0 aliphatic rings. The second-order valence-electron chi connectivity index (χ2n) is 4.79. The molecular formula is C16H18N2O3S2. The van der Waals surface area contributed by atoms with Crippen LogP contribution in [0.1, 0.15) is 10.4 Å². The Morgan fingerprint density at radius 2 is 2.17 bits per heavy atom. The molecule has 5 nitrogen and oxygen atoms in total. The Morgan fingerprint density at radius 3 is 2.78 bits per heavy atom. The number of nitrogens with two attached hydrogens (primary N) is 1. The fourth-order valence-electron chi connectivity index (χ4n) is 2.11. The van der Waals surface area contributed by atoms with Gasteiger partial charge in [-0.15, -0.1) is 11.3 Å². The highest BCUT2D eigenvalue weighted by Crippen LogP contribution is 2.30. The highest BCUT2D eigenvalue weighted by Gasteiger charge is 2.23. The second-order valence-corrected chi connectivity index (χ2v) is 6.65. The molecule has 0 fully saturated rings. The number of nitrogen functional groups attached to an aromatic ring is 1. The van der Waals surface area contributed by atoms with Gasteiger partial charge in [0, 0.05) is 27.4 Å². The molecule has 0 spiro atoms. The number of hydrogen-bond donors (Lipinski definition) is 2. The van der Waals surface area contributed by atoms with Crippen LogP contribution in [-0.2, 0) is 9.53 Å². The minimum absolute atomic E-state index is 0.321. The molecule has 2 aromatic rings. The molecule has 0 bridgehead atoms. The number of thioether (sulfide) groups is 1. The molecule has 1 unspecified atom stereocenters. The fourth-order valence-corrected chi connectivity index (χ4v) is 3.42. The predicted octanol–water partition coefficient (Wildman–Crippen LogP) is 2.63. The molecule has 1 aromatic heterocycles. The van der Waals surface area contributed by atoms with Crippen LogP contribution in [0.4, 0.5) is 5.69 Å². The van der Waals surface area contributed by atoms with Gasteiger partial charge in [0.25, 0.3) is 5.91 Å². The van der Waals surface area contributed by atoms with Crippen molar-refractivity contribution in [3.05, 3.63) is 41.3 Å². The third-order valence-corrected chi connectivity index (χ3v) is 4.77. The van der Waals surface area contributed by atoms with Crippen LogP contribution < -0.4 is 11.1 Å². The van der Waals surface area contributed by atoms with E-state index >= 15 is 0 Å². The maximum absolute atomic E-state index is 12.6. The molecular weight excluding hydrogens is 332 g/mol. The molecule has 122 valence electrons. The van der Waals surface area contributed by atoms with Crippen molar-refractivity contribution >= 4 is 40.7 Å². The number of carbonyl (C=O) groups excluding carboxylic acids is 2. The Labute approximate surface area is 143 Å². The lowest BCUT2D eigenvalue weighted by atomic mass is 10.0. The summed E-state index contributed by atoms with van der Waals surface area (Å²) in [5, 5.41) is 4.67. The van der Waals surface area contributed by atoms with Crippen molar-refractivity contribution in [2.75, 3.05) is 24.9 Å². The number of amides is 1. The number of hydrogen-bond acceptors (Lipinski definition) is 6. The smallest absolute Gasteiger partial charge is 0.329 e. The zero-order valence-corrected chi connectivity index (χ0v) is 14.5. The number of carbonyl (C=O) groups is 2. The first-order valence-corrected chi connectivity index (χ1v) is 9.15. The average molecular weight is 350 g/mol. The number of thiophene rings is 1. The molecule has 2 rings (SSSR count).